The van der Waals surface area contributed by atoms with Crippen LogP contribution in [0.5, 0.6) is 5.75 Å². The number of carbonyl (C=O) groups is 1. The molecule has 0 radical (unpaired) electrons. The van der Waals surface area contributed by atoms with Crippen molar-refractivity contribution in [2.24, 2.45) is 0 Å². The SMILES string of the molecule is CC/C(=C\C(=O)c1ccncc1)Nc1ccccc1O. The quantitative estimate of drug-likeness (QED) is 0.496. The molecule has 0 amide bonds. The maximum Gasteiger partial charge on any atom is 0.187 e. The molecule has 2 aromatic rings. The van der Waals surface area contributed by atoms with E-state index in [0.717, 1.165) is 5.70 Å². The normalized spacial score (nSPS) is 11.2. The van der Waals surface area contributed by atoms with Crippen molar-refractivity contribution in [2.45, 2.75) is 13.3 Å². The number of ketones is 1. The summed E-state index contributed by atoms with van der Waals surface area (Å²) in [5, 5.41) is 12.8. The van der Waals surface area contributed by atoms with E-state index in [0.29, 0.717) is 17.7 Å². The van der Waals surface area contributed by atoms with Crippen LogP contribution in [0.1, 0.15) is 23.7 Å². The van der Waals surface area contributed by atoms with Gasteiger partial charge in [-0.1, -0.05) is 19.1 Å². The number of para-hydroxylation sites is 2. The fraction of sp³-hybridized carbons (Fsp3) is 0.125. The third-order valence-corrected chi connectivity index (χ3v) is 2.85. The third-order valence-electron chi connectivity index (χ3n) is 2.85. The highest BCUT2D eigenvalue weighted by atomic mass is 16.3. The van der Waals surface area contributed by atoms with Gasteiger partial charge in [0.25, 0.3) is 0 Å². The van der Waals surface area contributed by atoms with Gasteiger partial charge in [0.2, 0.25) is 0 Å². The molecule has 4 nitrogen and oxygen atoms in total. The molecule has 20 heavy (non-hydrogen) atoms. The van der Waals surface area contributed by atoms with E-state index in [1.54, 1.807) is 48.8 Å². The Morgan fingerprint density at radius 1 is 1.25 bits per heavy atom. The van der Waals surface area contributed by atoms with E-state index in [4.69, 9.17) is 0 Å². The summed E-state index contributed by atoms with van der Waals surface area (Å²) in [5.74, 6) is 0.0652. The van der Waals surface area contributed by atoms with Gasteiger partial charge in [0.1, 0.15) is 5.75 Å². The van der Waals surface area contributed by atoms with Gasteiger partial charge in [-0.25, -0.2) is 0 Å². The Kier molecular flexibility index (Phi) is 4.50. The van der Waals surface area contributed by atoms with Gasteiger partial charge >= 0.3 is 0 Å². The van der Waals surface area contributed by atoms with Gasteiger partial charge in [0.05, 0.1) is 5.69 Å². The number of phenols is 1. The number of pyridine rings is 1. The topological polar surface area (TPSA) is 62.2 Å². The summed E-state index contributed by atoms with van der Waals surface area (Å²) in [7, 11) is 0. The molecule has 2 N–H and O–H groups in total. The molecule has 1 aromatic heterocycles. The van der Waals surface area contributed by atoms with Crippen LogP contribution in [0.3, 0.4) is 0 Å². The summed E-state index contributed by atoms with van der Waals surface area (Å²) in [6.07, 6.45) is 5.37. The Morgan fingerprint density at radius 2 is 1.95 bits per heavy atom. The van der Waals surface area contributed by atoms with Crippen LogP contribution in [0.15, 0.2) is 60.6 Å². The molecule has 2 rings (SSSR count). The lowest BCUT2D eigenvalue weighted by Gasteiger charge is -2.10. The second-order valence-corrected chi connectivity index (χ2v) is 4.27. The maximum atomic E-state index is 12.1. The summed E-state index contributed by atoms with van der Waals surface area (Å²) >= 11 is 0. The minimum absolute atomic E-state index is 0.0906. The van der Waals surface area contributed by atoms with Gasteiger partial charge in [-0.05, 0) is 30.7 Å². The first-order valence-electron chi connectivity index (χ1n) is 6.40. The molecule has 1 heterocycles. The Balaban J connectivity index is 2.18. The van der Waals surface area contributed by atoms with Gasteiger partial charge < -0.3 is 10.4 Å². The number of nitrogens with one attached hydrogen (secondary N) is 1. The molecule has 0 aliphatic rings. The van der Waals surface area contributed by atoms with Gasteiger partial charge in [0.15, 0.2) is 5.78 Å². The van der Waals surface area contributed by atoms with Gasteiger partial charge in [-0.2, -0.15) is 0 Å². The van der Waals surface area contributed by atoms with Crippen molar-refractivity contribution in [3.63, 3.8) is 0 Å². The van der Waals surface area contributed by atoms with Crippen molar-refractivity contribution in [1.29, 1.82) is 0 Å². The molecule has 0 spiro atoms. The first kappa shape index (κ1) is 13.8. The van der Waals surface area contributed by atoms with E-state index in [1.165, 1.54) is 0 Å². The monoisotopic (exact) mass is 268 g/mol. The fourth-order valence-electron chi connectivity index (χ4n) is 1.74. The van der Waals surface area contributed by atoms with Crippen LogP contribution < -0.4 is 5.32 Å². The van der Waals surface area contributed by atoms with E-state index in [1.807, 2.05) is 13.0 Å². The molecule has 102 valence electrons. The van der Waals surface area contributed by atoms with E-state index in [9.17, 15) is 9.90 Å². The number of hydrogen-bond donors (Lipinski definition) is 2. The first-order valence-corrected chi connectivity index (χ1v) is 6.40. The zero-order chi connectivity index (χ0) is 14.4. The Bertz CT molecular complexity index is 621. The number of allylic oxidation sites excluding steroid dienone is 2. The Morgan fingerprint density at radius 3 is 2.60 bits per heavy atom. The van der Waals surface area contributed by atoms with Crippen LogP contribution in [-0.4, -0.2) is 15.9 Å². The molecular weight excluding hydrogens is 252 g/mol. The smallest absolute Gasteiger partial charge is 0.187 e. The number of benzene rings is 1. The minimum atomic E-state index is -0.0906. The highest BCUT2D eigenvalue weighted by molar-refractivity contribution is 6.05. The van der Waals surface area contributed by atoms with Crippen molar-refractivity contribution in [3.8, 4) is 5.75 Å². The van der Waals surface area contributed by atoms with Crippen molar-refractivity contribution in [1.82, 2.24) is 4.98 Å². The summed E-state index contributed by atoms with van der Waals surface area (Å²) in [6, 6.07) is 10.3. The average molecular weight is 268 g/mol. The first-order chi connectivity index (χ1) is 9.70. The zero-order valence-electron chi connectivity index (χ0n) is 11.2. The number of hydrogen-bond acceptors (Lipinski definition) is 4. The minimum Gasteiger partial charge on any atom is -0.506 e. The van der Waals surface area contributed by atoms with Crippen LogP contribution in [0.4, 0.5) is 5.69 Å². The van der Waals surface area contributed by atoms with E-state index < -0.39 is 0 Å². The molecule has 1 aromatic carbocycles. The third kappa shape index (κ3) is 3.45. The Hall–Kier alpha value is -2.62. The molecule has 0 fully saturated rings. The van der Waals surface area contributed by atoms with Gasteiger partial charge in [-0.15, -0.1) is 0 Å². The number of aromatic hydroxyl groups is 1. The van der Waals surface area contributed by atoms with E-state index in [-0.39, 0.29) is 11.5 Å². The van der Waals surface area contributed by atoms with Gasteiger partial charge in [-0.3, -0.25) is 9.78 Å². The molecule has 4 heteroatoms. The number of rotatable bonds is 5. The molecule has 0 bridgehead atoms. The molecule has 0 saturated carbocycles. The zero-order valence-corrected chi connectivity index (χ0v) is 11.2. The van der Waals surface area contributed by atoms with Crippen LogP contribution in [0.25, 0.3) is 0 Å². The largest absolute Gasteiger partial charge is 0.506 e. The van der Waals surface area contributed by atoms with Crippen molar-refractivity contribution < 1.29 is 9.90 Å². The standard InChI is InChI=1S/C16H16N2O2/c1-2-13(18-14-5-3-4-6-15(14)19)11-16(20)12-7-9-17-10-8-12/h3-11,18-19H,2H2,1H3/b13-11+. The van der Waals surface area contributed by atoms with Crippen molar-refractivity contribution >= 4 is 11.5 Å². The second-order valence-electron chi connectivity index (χ2n) is 4.27. The lowest BCUT2D eigenvalue weighted by Crippen LogP contribution is -2.03. The highest BCUT2D eigenvalue weighted by Gasteiger charge is 2.06. The summed E-state index contributed by atoms with van der Waals surface area (Å²) in [6.45, 7) is 1.94. The number of phenolic OH excluding ortho intramolecular Hbond substituents is 1. The van der Waals surface area contributed by atoms with E-state index >= 15 is 0 Å². The lowest BCUT2D eigenvalue weighted by atomic mass is 10.1. The summed E-state index contributed by atoms with van der Waals surface area (Å²) in [4.78, 5) is 16.0. The summed E-state index contributed by atoms with van der Waals surface area (Å²) < 4.78 is 0. The van der Waals surface area contributed by atoms with Crippen LogP contribution in [0, 0.1) is 0 Å². The number of anilines is 1. The van der Waals surface area contributed by atoms with Crippen LogP contribution in [-0.2, 0) is 0 Å². The number of aromatic nitrogens is 1. The molecule has 0 aliphatic heterocycles. The highest BCUT2D eigenvalue weighted by Crippen LogP contribution is 2.23. The predicted molar refractivity (Wildman–Crippen MR) is 78.7 cm³/mol. The van der Waals surface area contributed by atoms with Crippen molar-refractivity contribution in [2.75, 3.05) is 5.32 Å². The molecule has 0 unspecified atom stereocenters. The summed E-state index contributed by atoms with van der Waals surface area (Å²) in [5.41, 5.74) is 1.92. The molecule has 0 saturated heterocycles. The second kappa shape index (κ2) is 6.52. The maximum absolute atomic E-state index is 12.1. The molecule has 0 atom stereocenters. The number of carbonyl (C=O) groups excluding carboxylic acids is 1. The van der Waals surface area contributed by atoms with Crippen LogP contribution in [0.2, 0.25) is 0 Å². The lowest BCUT2D eigenvalue weighted by molar-refractivity contribution is 0.104. The fourth-order valence-corrected chi connectivity index (χ4v) is 1.74. The van der Waals surface area contributed by atoms with Crippen LogP contribution >= 0.6 is 0 Å². The molecule has 0 aliphatic carbocycles. The molecular formula is C16H16N2O2. The van der Waals surface area contributed by atoms with Gasteiger partial charge in [0, 0.05) is 29.7 Å². The Labute approximate surface area is 117 Å². The van der Waals surface area contributed by atoms with Crippen molar-refractivity contribution in [3.05, 3.63) is 66.1 Å². The number of nitrogens with zero attached hydrogens (tertiary/aromatic N) is 1. The van der Waals surface area contributed by atoms with E-state index in [2.05, 4.69) is 10.3 Å². The predicted octanol–water partition coefficient (Wildman–Crippen LogP) is 3.38. The average Bonchev–Trinajstić information content (AvgIpc) is 2.49.